The molecule has 1 heterocycles. The van der Waals surface area contributed by atoms with E-state index in [9.17, 15) is 0 Å². The number of hydrogen-bond donors (Lipinski definition) is 1. The van der Waals surface area contributed by atoms with Crippen LogP contribution >= 0.6 is 11.8 Å². The molecule has 1 unspecified atom stereocenters. The van der Waals surface area contributed by atoms with Crippen LogP contribution in [0.25, 0.3) is 0 Å². The van der Waals surface area contributed by atoms with Gasteiger partial charge in [0.2, 0.25) is 0 Å². The summed E-state index contributed by atoms with van der Waals surface area (Å²) in [5.74, 6) is 0. The first-order valence-electron chi connectivity index (χ1n) is 6.79. The zero-order valence-corrected chi connectivity index (χ0v) is 12.1. The average Bonchev–Trinajstić information content (AvgIpc) is 2.96. The molecule has 0 amide bonds. The molecule has 0 saturated heterocycles. The first-order valence-corrected chi connectivity index (χ1v) is 7.67. The van der Waals surface area contributed by atoms with E-state index in [4.69, 9.17) is 0 Å². The Morgan fingerprint density at radius 2 is 2.12 bits per heavy atom. The van der Waals surface area contributed by atoms with E-state index in [0.29, 0.717) is 10.8 Å². The first kappa shape index (κ1) is 13.2. The van der Waals surface area contributed by atoms with Gasteiger partial charge in [-0.25, -0.2) is 0 Å². The predicted molar refractivity (Wildman–Crippen MR) is 76.9 cm³/mol. The summed E-state index contributed by atoms with van der Waals surface area (Å²) in [6.45, 7) is 4.30. The van der Waals surface area contributed by atoms with E-state index < -0.39 is 0 Å². The number of nitrogens with one attached hydrogen (secondary N) is 1. The van der Waals surface area contributed by atoms with Gasteiger partial charge in [0, 0.05) is 17.3 Å². The van der Waals surface area contributed by atoms with Gasteiger partial charge in [-0.3, -0.25) is 4.99 Å². The Balaban J connectivity index is 1.84. The van der Waals surface area contributed by atoms with Gasteiger partial charge in [0.25, 0.3) is 0 Å². The number of hydrogen-bond acceptors (Lipinski definition) is 4. The molecule has 1 aliphatic heterocycles. The van der Waals surface area contributed by atoms with Crippen molar-refractivity contribution in [2.75, 3.05) is 27.2 Å². The number of thioether (sulfide) groups is 1. The van der Waals surface area contributed by atoms with Crippen LogP contribution in [0.3, 0.4) is 0 Å². The van der Waals surface area contributed by atoms with E-state index in [0.717, 1.165) is 13.1 Å². The predicted octanol–water partition coefficient (Wildman–Crippen LogP) is 2.33. The van der Waals surface area contributed by atoms with Crippen LogP contribution in [-0.2, 0) is 0 Å². The molecule has 0 spiro atoms. The summed E-state index contributed by atoms with van der Waals surface area (Å²) >= 11 is 1.92. The monoisotopic (exact) mass is 255 g/mol. The van der Waals surface area contributed by atoms with Crippen molar-refractivity contribution in [2.45, 2.75) is 49.8 Å². The maximum Gasteiger partial charge on any atom is 0.156 e. The lowest BCUT2D eigenvalue weighted by molar-refractivity contribution is 0.161. The van der Waals surface area contributed by atoms with Gasteiger partial charge >= 0.3 is 0 Å². The van der Waals surface area contributed by atoms with Gasteiger partial charge in [-0.2, -0.15) is 0 Å². The van der Waals surface area contributed by atoms with Crippen LogP contribution in [0.15, 0.2) is 4.99 Å². The van der Waals surface area contributed by atoms with Crippen LogP contribution in [0.4, 0.5) is 0 Å². The van der Waals surface area contributed by atoms with Crippen LogP contribution in [-0.4, -0.2) is 48.0 Å². The van der Waals surface area contributed by atoms with Crippen molar-refractivity contribution in [1.82, 2.24) is 10.2 Å². The van der Waals surface area contributed by atoms with Crippen LogP contribution in [0.5, 0.6) is 0 Å². The lowest BCUT2D eigenvalue weighted by Crippen LogP contribution is -2.50. The zero-order valence-electron chi connectivity index (χ0n) is 11.3. The summed E-state index contributed by atoms with van der Waals surface area (Å²) in [4.78, 5) is 7.00. The van der Waals surface area contributed by atoms with Crippen molar-refractivity contribution in [3.63, 3.8) is 0 Å². The molecule has 17 heavy (non-hydrogen) atoms. The molecule has 2 aliphatic rings. The van der Waals surface area contributed by atoms with E-state index in [2.05, 4.69) is 36.2 Å². The van der Waals surface area contributed by atoms with Gasteiger partial charge < -0.3 is 10.2 Å². The average molecular weight is 255 g/mol. The molecule has 1 N–H and O–H groups in total. The Bertz CT molecular complexity index is 282. The van der Waals surface area contributed by atoms with E-state index in [1.54, 1.807) is 0 Å². The Labute approximate surface area is 109 Å². The van der Waals surface area contributed by atoms with Crippen LogP contribution in [0.2, 0.25) is 0 Å². The van der Waals surface area contributed by atoms with Crippen molar-refractivity contribution in [2.24, 2.45) is 4.99 Å². The molecular formula is C13H25N3S. The number of rotatable bonds is 4. The second-order valence-electron chi connectivity index (χ2n) is 5.47. The van der Waals surface area contributed by atoms with E-state index in [1.807, 2.05) is 11.8 Å². The van der Waals surface area contributed by atoms with Gasteiger partial charge in [-0.1, -0.05) is 31.5 Å². The summed E-state index contributed by atoms with van der Waals surface area (Å²) < 4.78 is 0. The smallest absolute Gasteiger partial charge is 0.156 e. The molecule has 0 radical (unpaired) electrons. The second kappa shape index (κ2) is 5.61. The lowest BCUT2D eigenvalue weighted by atomic mass is 9.96. The lowest BCUT2D eigenvalue weighted by Gasteiger charge is -2.36. The minimum atomic E-state index is 0.368. The molecule has 98 valence electrons. The third kappa shape index (κ3) is 2.97. The Hall–Kier alpha value is -0.220. The van der Waals surface area contributed by atoms with Crippen molar-refractivity contribution < 1.29 is 0 Å². The largest absolute Gasteiger partial charge is 0.363 e. The summed E-state index contributed by atoms with van der Waals surface area (Å²) in [6.07, 6.45) is 6.61. The van der Waals surface area contributed by atoms with Gasteiger partial charge in [0.05, 0.1) is 6.54 Å². The molecule has 3 nitrogen and oxygen atoms in total. The van der Waals surface area contributed by atoms with Gasteiger partial charge in [0.15, 0.2) is 5.17 Å². The standard InChI is InChI=1S/C13H25N3S/c1-4-11-9-14-12(17-11)15-10-13(16(2)3)7-5-6-8-13/h11H,4-10H2,1-3H3,(H,14,15). The third-order valence-corrected chi connectivity index (χ3v) is 5.54. The first-order chi connectivity index (χ1) is 8.16. The molecule has 0 aromatic carbocycles. The highest BCUT2D eigenvalue weighted by molar-refractivity contribution is 8.14. The highest BCUT2D eigenvalue weighted by Gasteiger charge is 2.36. The fourth-order valence-corrected chi connectivity index (χ4v) is 3.72. The van der Waals surface area contributed by atoms with Crippen LogP contribution in [0.1, 0.15) is 39.0 Å². The summed E-state index contributed by atoms with van der Waals surface area (Å²) in [6, 6.07) is 0. The molecule has 1 atom stereocenters. The van der Waals surface area contributed by atoms with Gasteiger partial charge in [0.1, 0.15) is 0 Å². The summed E-state index contributed by atoms with van der Waals surface area (Å²) in [5, 5.41) is 5.46. The second-order valence-corrected chi connectivity index (χ2v) is 6.76. The maximum atomic E-state index is 4.59. The topological polar surface area (TPSA) is 27.6 Å². The minimum absolute atomic E-state index is 0.368. The Morgan fingerprint density at radius 1 is 1.41 bits per heavy atom. The molecule has 1 fully saturated rings. The maximum absolute atomic E-state index is 4.59. The highest BCUT2D eigenvalue weighted by Crippen LogP contribution is 2.33. The van der Waals surface area contributed by atoms with E-state index >= 15 is 0 Å². The quantitative estimate of drug-likeness (QED) is 0.835. The number of nitrogens with zero attached hydrogens (tertiary/aromatic N) is 2. The molecule has 4 heteroatoms. The zero-order chi connectivity index (χ0) is 12.3. The summed E-state index contributed by atoms with van der Waals surface area (Å²) in [5.41, 5.74) is 0.368. The molecule has 1 saturated carbocycles. The van der Waals surface area contributed by atoms with E-state index in [-0.39, 0.29) is 0 Å². The molecule has 2 rings (SSSR count). The fraction of sp³-hybridized carbons (Fsp3) is 0.923. The van der Waals surface area contributed by atoms with Crippen LogP contribution in [0, 0.1) is 0 Å². The number of aliphatic imine (C=N–C) groups is 1. The Kier molecular flexibility index (Phi) is 4.36. The number of amidine groups is 1. The van der Waals surface area contributed by atoms with Crippen molar-refractivity contribution >= 4 is 16.9 Å². The van der Waals surface area contributed by atoms with Gasteiger partial charge in [-0.05, 0) is 33.4 Å². The minimum Gasteiger partial charge on any atom is -0.363 e. The third-order valence-electron chi connectivity index (χ3n) is 4.22. The normalized spacial score (nSPS) is 27.5. The van der Waals surface area contributed by atoms with Crippen LogP contribution < -0.4 is 5.32 Å². The van der Waals surface area contributed by atoms with Crippen molar-refractivity contribution in [1.29, 1.82) is 0 Å². The molecule has 0 aromatic heterocycles. The molecule has 0 aromatic rings. The van der Waals surface area contributed by atoms with Crippen molar-refractivity contribution in [3.05, 3.63) is 0 Å². The van der Waals surface area contributed by atoms with E-state index in [1.165, 1.54) is 37.3 Å². The summed E-state index contributed by atoms with van der Waals surface area (Å²) in [7, 11) is 4.43. The van der Waals surface area contributed by atoms with Crippen molar-refractivity contribution in [3.8, 4) is 0 Å². The fourth-order valence-electron chi connectivity index (χ4n) is 2.78. The molecular weight excluding hydrogens is 230 g/mol. The molecule has 0 bridgehead atoms. The SMILES string of the molecule is CCC1CN=C(NCC2(N(C)C)CCCC2)S1. The molecule has 1 aliphatic carbocycles. The highest BCUT2D eigenvalue weighted by atomic mass is 32.2. The van der Waals surface area contributed by atoms with Gasteiger partial charge in [-0.15, -0.1) is 0 Å². The number of likely N-dealkylation sites (N-methyl/N-ethyl adjacent to an activating group) is 1. The Morgan fingerprint density at radius 3 is 2.65 bits per heavy atom.